The number of nitrogens with zero attached hydrogens (tertiary/aromatic N) is 3. The lowest BCUT2D eigenvalue weighted by molar-refractivity contribution is 0.0969. The van der Waals surface area contributed by atoms with E-state index in [4.69, 9.17) is 10.5 Å². The van der Waals surface area contributed by atoms with Gasteiger partial charge in [-0.15, -0.1) is 11.8 Å². The van der Waals surface area contributed by atoms with Crippen LogP contribution in [0.25, 0.3) is 0 Å². The molecule has 0 atom stereocenters. The zero-order chi connectivity index (χ0) is 17.4. The molecule has 4 nitrogen and oxygen atoms in total. The van der Waals surface area contributed by atoms with E-state index in [1.807, 2.05) is 61.1 Å². The number of carbonyl (C=O) groups is 1. The van der Waals surface area contributed by atoms with Gasteiger partial charge in [-0.3, -0.25) is 4.79 Å². The number of hydrogen-bond acceptors (Lipinski definition) is 5. The maximum absolute atomic E-state index is 12.2. The summed E-state index contributed by atoms with van der Waals surface area (Å²) in [4.78, 5) is 14.6. The summed E-state index contributed by atoms with van der Waals surface area (Å²) in [6.45, 7) is 0.261. The summed E-state index contributed by atoms with van der Waals surface area (Å²) in [6.07, 6.45) is 10.9. The monoisotopic (exact) mass is 333 g/mol. The minimum absolute atomic E-state index is 0.0401. The maximum atomic E-state index is 12.2. The number of rotatable bonds is 5. The Morgan fingerprint density at radius 2 is 1.79 bits per heavy atom. The summed E-state index contributed by atoms with van der Waals surface area (Å²) in [6, 6.07) is 12.9. The van der Waals surface area contributed by atoms with Crippen molar-refractivity contribution < 1.29 is 4.79 Å². The van der Waals surface area contributed by atoms with Gasteiger partial charge in [-0.1, -0.05) is 30.3 Å². The number of carbonyl (C=O) groups excluding carboxylic acids is 1. The SMILES string of the molecule is CSC(C=C1C=CN(CC(=O)c2ccccc2)C=C1)=C(C#N)C#N. The van der Waals surface area contributed by atoms with Crippen molar-refractivity contribution in [2.24, 2.45) is 0 Å². The Kier molecular flexibility index (Phi) is 6.19. The van der Waals surface area contributed by atoms with Gasteiger partial charge >= 0.3 is 0 Å². The molecule has 1 heterocycles. The Balaban J connectivity index is 2.07. The highest BCUT2D eigenvalue weighted by molar-refractivity contribution is 8.02. The highest BCUT2D eigenvalue weighted by atomic mass is 32.2. The Morgan fingerprint density at radius 3 is 2.33 bits per heavy atom. The first kappa shape index (κ1) is 17.3. The lowest BCUT2D eigenvalue weighted by Crippen LogP contribution is -2.21. The van der Waals surface area contributed by atoms with Gasteiger partial charge in [-0.2, -0.15) is 10.5 Å². The number of nitriles is 2. The molecule has 0 saturated heterocycles. The predicted octanol–water partition coefficient (Wildman–Crippen LogP) is 3.80. The normalized spacial score (nSPS) is 12.3. The molecular weight excluding hydrogens is 318 g/mol. The molecule has 0 radical (unpaired) electrons. The molecule has 0 bridgehead atoms. The third kappa shape index (κ3) is 4.49. The van der Waals surface area contributed by atoms with E-state index in [0.29, 0.717) is 10.5 Å². The van der Waals surface area contributed by atoms with Gasteiger partial charge in [0.25, 0.3) is 0 Å². The zero-order valence-corrected chi connectivity index (χ0v) is 14.0. The van der Waals surface area contributed by atoms with E-state index >= 15 is 0 Å². The standard InChI is InChI=1S/C19H15N3OS/c1-24-19(17(12-20)13-21)11-15-7-9-22(10-8-15)14-18(23)16-5-3-2-4-6-16/h2-11H,14H2,1H3. The van der Waals surface area contributed by atoms with Crippen molar-refractivity contribution in [2.45, 2.75) is 0 Å². The minimum atomic E-state index is 0.0401. The van der Waals surface area contributed by atoms with Crippen molar-refractivity contribution in [1.82, 2.24) is 4.90 Å². The van der Waals surface area contributed by atoms with E-state index in [-0.39, 0.29) is 17.9 Å². The molecule has 1 aromatic carbocycles. The van der Waals surface area contributed by atoms with E-state index in [9.17, 15) is 4.79 Å². The van der Waals surface area contributed by atoms with Crippen LogP contribution < -0.4 is 0 Å². The van der Waals surface area contributed by atoms with Gasteiger partial charge in [0.1, 0.15) is 17.7 Å². The Hall–Kier alpha value is -3.02. The number of ketones is 1. The Labute approximate surface area is 145 Å². The molecule has 1 aliphatic rings. The minimum Gasteiger partial charge on any atom is -0.347 e. The van der Waals surface area contributed by atoms with Crippen molar-refractivity contribution >= 4 is 17.5 Å². The molecule has 0 saturated carbocycles. The van der Waals surface area contributed by atoms with E-state index < -0.39 is 0 Å². The van der Waals surface area contributed by atoms with Gasteiger partial charge < -0.3 is 4.90 Å². The van der Waals surface area contributed by atoms with Crippen molar-refractivity contribution in [3.63, 3.8) is 0 Å². The van der Waals surface area contributed by atoms with Gasteiger partial charge in [-0.05, 0) is 30.1 Å². The van der Waals surface area contributed by atoms with E-state index in [0.717, 1.165) is 5.57 Å². The van der Waals surface area contributed by atoms with Crippen LogP contribution >= 0.6 is 11.8 Å². The average molecular weight is 333 g/mol. The third-order valence-corrected chi connectivity index (χ3v) is 4.09. The van der Waals surface area contributed by atoms with Crippen LogP contribution in [0.5, 0.6) is 0 Å². The molecule has 0 unspecified atom stereocenters. The fourth-order valence-electron chi connectivity index (χ4n) is 2.07. The van der Waals surface area contributed by atoms with Crippen molar-refractivity contribution in [3.8, 4) is 12.1 Å². The maximum Gasteiger partial charge on any atom is 0.182 e. The summed E-state index contributed by atoms with van der Waals surface area (Å²) in [5.74, 6) is 0.0401. The average Bonchev–Trinajstić information content (AvgIpc) is 2.64. The first-order valence-corrected chi connectivity index (χ1v) is 8.41. The summed E-state index contributed by atoms with van der Waals surface area (Å²) in [5, 5.41) is 17.9. The zero-order valence-electron chi connectivity index (χ0n) is 13.1. The second kappa shape index (κ2) is 8.57. The van der Waals surface area contributed by atoms with Crippen LogP contribution in [0.1, 0.15) is 10.4 Å². The largest absolute Gasteiger partial charge is 0.347 e. The van der Waals surface area contributed by atoms with Gasteiger partial charge in [0.2, 0.25) is 0 Å². The lowest BCUT2D eigenvalue weighted by Gasteiger charge is -2.18. The molecule has 118 valence electrons. The van der Waals surface area contributed by atoms with Crippen molar-refractivity contribution in [1.29, 1.82) is 10.5 Å². The molecule has 0 aromatic heterocycles. The summed E-state index contributed by atoms with van der Waals surface area (Å²) in [7, 11) is 0. The van der Waals surface area contributed by atoms with Gasteiger partial charge in [0.05, 0.1) is 6.54 Å². The molecule has 24 heavy (non-hydrogen) atoms. The molecule has 2 rings (SSSR count). The number of thioether (sulfide) groups is 1. The summed E-state index contributed by atoms with van der Waals surface area (Å²) in [5.41, 5.74) is 1.64. The number of Topliss-reactive ketones (excluding diaryl/α,β-unsaturated/α-hetero) is 1. The fourth-order valence-corrected chi connectivity index (χ4v) is 2.62. The van der Waals surface area contributed by atoms with Crippen LogP contribution in [-0.4, -0.2) is 23.5 Å². The van der Waals surface area contributed by atoms with Crippen LogP contribution in [-0.2, 0) is 0 Å². The predicted molar refractivity (Wildman–Crippen MR) is 95.6 cm³/mol. The van der Waals surface area contributed by atoms with Crippen LogP contribution in [0, 0.1) is 22.7 Å². The highest BCUT2D eigenvalue weighted by Gasteiger charge is 2.10. The summed E-state index contributed by atoms with van der Waals surface area (Å²) >= 11 is 1.35. The number of hydrogen-bond donors (Lipinski definition) is 0. The molecule has 0 amide bonds. The fraction of sp³-hybridized carbons (Fsp3) is 0.105. The lowest BCUT2D eigenvalue weighted by atomic mass is 10.1. The number of allylic oxidation sites excluding steroid dienone is 5. The topological polar surface area (TPSA) is 67.9 Å². The van der Waals surface area contributed by atoms with Crippen LogP contribution in [0.4, 0.5) is 0 Å². The molecular formula is C19H15N3OS. The van der Waals surface area contributed by atoms with Gasteiger partial charge in [-0.25, -0.2) is 0 Å². The van der Waals surface area contributed by atoms with E-state index in [2.05, 4.69) is 0 Å². The van der Waals surface area contributed by atoms with Crippen molar-refractivity contribution in [2.75, 3.05) is 12.8 Å². The van der Waals surface area contributed by atoms with Crippen LogP contribution in [0.3, 0.4) is 0 Å². The molecule has 5 heteroatoms. The quantitative estimate of drug-likeness (QED) is 0.605. The van der Waals surface area contributed by atoms with Crippen LogP contribution in [0.15, 0.2) is 77.0 Å². The number of benzene rings is 1. The molecule has 1 aliphatic heterocycles. The second-order valence-electron chi connectivity index (χ2n) is 4.90. The molecule has 0 aliphatic carbocycles. The Morgan fingerprint density at radius 1 is 1.17 bits per heavy atom. The second-order valence-corrected chi connectivity index (χ2v) is 5.75. The first-order chi connectivity index (χ1) is 11.7. The first-order valence-electron chi connectivity index (χ1n) is 7.18. The van der Waals surface area contributed by atoms with Crippen LogP contribution in [0.2, 0.25) is 0 Å². The molecule has 0 fully saturated rings. The van der Waals surface area contributed by atoms with E-state index in [1.54, 1.807) is 23.1 Å². The molecule has 0 spiro atoms. The molecule has 1 aromatic rings. The van der Waals surface area contributed by atoms with Crippen molar-refractivity contribution in [3.05, 3.63) is 82.6 Å². The van der Waals surface area contributed by atoms with Gasteiger partial charge in [0, 0.05) is 22.9 Å². The summed E-state index contributed by atoms with van der Waals surface area (Å²) < 4.78 is 0. The Bertz CT molecular complexity index is 788. The van der Waals surface area contributed by atoms with E-state index in [1.165, 1.54) is 11.8 Å². The highest BCUT2D eigenvalue weighted by Crippen LogP contribution is 2.22. The van der Waals surface area contributed by atoms with Gasteiger partial charge in [0.15, 0.2) is 5.78 Å². The third-order valence-electron chi connectivity index (χ3n) is 3.33. The smallest absolute Gasteiger partial charge is 0.182 e. The molecule has 0 N–H and O–H groups in total.